The molecular formula is C24H29FN2O3S2. The minimum Gasteiger partial charge on any atom is -0.309 e. The average molecular weight is 477 g/mol. The predicted octanol–water partition coefficient (Wildman–Crippen LogP) is 5.41. The number of hydrogen-bond donors (Lipinski definition) is 1. The fourth-order valence-electron chi connectivity index (χ4n) is 3.03. The Bertz CT molecular complexity index is 1150. The topological polar surface area (TPSA) is 80.5 Å². The van der Waals surface area contributed by atoms with Gasteiger partial charge in [-0.1, -0.05) is 61.2 Å². The standard InChI is InChI=1S/C24H29FN2O3S2/c1-6-17(4)23(31-24(16(2)3)32(26,29)30)27(5)22(28)15-18-11-13-19(14-12-18)20-9-7-8-10-21(20)25/h7-14H,6,15H2,1-5H3,(H2,26,29,30)/b23-17+. The Morgan fingerprint density at radius 3 is 2.16 bits per heavy atom. The van der Waals surface area contributed by atoms with Crippen LogP contribution >= 0.6 is 11.8 Å². The van der Waals surface area contributed by atoms with E-state index in [0.717, 1.165) is 28.5 Å². The molecule has 0 radical (unpaired) electrons. The van der Waals surface area contributed by atoms with Crippen LogP contribution in [0.5, 0.6) is 0 Å². The van der Waals surface area contributed by atoms with Crippen LogP contribution in [-0.4, -0.2) is 26.3 Å². The number of amides is 1. The van der Waals surface area contributed by atoms with Crippen LogP contribution in [0.3, 0.4) is 0 Å². The molecule has 0 aliphatic heterocycles. The van der Waals surface area contributed by atoms with Crippen LogP contribution in [0.25, 0.3) is 11.1 Å². The third-order valence-electron chi connectivity index (χ3n) is 4.92. The summed E-state index contributed by atoms with van der Waals surface area (Å²) in [6.07, 6.45) is 0.770. The van der Waals surface area contributed by atoms with E-state index in [9.17, 15) is 17.6 Å². The number of sulfonamides is 1. The maximum absolute atomic E-state index is 14.0. The Kier molecular flexibility index (Phi) is 8.83. The van der Waals surface area contributed by atoms with Gasteiger partial charge >= 0.3 is 0 Å². The Hall–Kier alpha value is -2.42. The number of carbonyl (C=O) groups is 1. The summed E-state index contributed by atoms with van der Waals surface area (Å²) < 4.78 is 38.1. The second kappa shape index (κ2) is 10.9. The van der Waals surface area contributed by atoms with Gasteiger partial charge < -0.3 is 4.90 Å². The van der Waals surface area contributed by atoms with E-state index >= 15 is 0 Å². The molecule has 0 aromatic heterocycles. The number of hydrogen-bond acceptors (Lipinski definition) is 4. The summed E-state index contributed by atoms with van der Waals surface area (Å²) in [5.41, 5.74) is 3.44. The fourth-order valence-corrected chi connectivity index (χ4v) is 5.24. The average Bonchev–Trinajstić information content (AvgIpc) is 2.73. The van der Waals surface area contributed by atoms with Gasteiger partial charge in [0, 0.05) is 12.6 Å². The Morgan fingerprint density at radius 2 is 1.66 bits per heavy atom. The largest absolute Gasteiger partial charge is 0.309 e. The smallest absolute Gasteiger partial charge is 0.244 e. The molecule has 0 fully saturated rings. The van der Waals surface area contributed by atoms with Gasteiger partial charge in [0.2, 0.25) is 15.9 Å². The number of nitrogens with zero attached hydrogens (tertiary/aromatic N) is 1. The highest BCUT2D eigenvalue weighted by molar-refractivity contribution is 8.20. The first-order valence-electron chi connectivity index (χ1n) is 10.1. The van der Waals surface area contributed by atoms with Gasteiger partial charge in [-0.2, -0.15) is 0 Å². The molecule has 0 heterocycles. The lowest BCUT2D eigenvalue weighted by molar-refractivity contribution is -0.127. The highest BCUT2D eigenvalue weighted by Gasteiger charge is 2.23. The van der Waals surface area contributed by atoms with Crippen LogP contribution in [0.4, 0.5) is 4.39 Å². The maximum Gasteiger partial charge on any atom is 0.244 e. The van der Waals surface area contributed by atoms with Crippen molar-refractivity contribution >= 4 is 27.7 Å². The first-order valence-corrected chi connectivity index (χ1v) is 12.5. The normalized spacial score (nSPS) is 12.2. The van der Waals surface area contributed by atoms with Gasteiger partial charge in [0.15, 0.2) is 0 Å². The minimum atomic E-state index is -3.91. The van der Waals surface area contributed by atoms with Crippen molar-refractivity contribution in [2.24, 2.45) is 5.14 Å². The van der Waals surface area contributed by atoms with Crippen LogP contribution in [0.15, 0.2) is 68.9 Å². The molecule has 5 nitrogen and oxygen atoms in total. The molecule has 0 saturated heterocycles. The molecule has 2 rings (SSSR count). The van der Waals surface area contributed by atoms with Crippen LogP contribution in [0, 0.1) is 5.82 Å². The van der Waals surface area contributed by atoms with Gasteiger partial charge in [0.1, 0.15) is 10.1 Å². The number of primary sulfonamides is 1. The first kappa shape index (κ1) is 25.8. The van der Waals surface area contributed by atoms with Gasteiger partial charge in [-0.25, -0.2) is 17.9 Å². The van der Waals surface area contributed by atoms with E-state index in [-0.39, 0.29) is 22.4 Å². The molecule has 0 aliphatic rings. The van der Waals surface area contributed by atoms with Gasteiger partial charge in [-0.15, -0.1) is 0 Å². The molecule has 1 amide bonds. The lowest BCUT2D eigenvalue weighted by atomic mass is 10.0. The van der Waals surface area contributed by atoms with Crippen molar-refractivity contribution in [3.8, 4) is 11.1 Å². The summed E-state index contributed by atoms with van der Waals surface area (Å²) in [5, 5.41) is 5.93. The number of carbonyl (C=O) groups excluding carboxylic acids is 1. The monoisotopic (exact) mass is 476 g/mol. The molecule has 2 aromatic carbocycles. The van der Waals surface area contributed by atoms with Gasteiger partial charge in [0.05, 0.1) is 11.4 Å². The summed E-state index contributed by atoms with van der Waals surface area (Å²) in [5.74, 6) is -0.496. The number of nitrogens with two attached hydrogens (primary N) is 1. The second-order valence-corrected chi connectivity index (χ2v) is 10.4. The zero-order valence-corrected chi connectivity index (χ0v) is 20.6. The molecule has 32 heavy (non-hydrogen) atoms. The van der Waals surface area contributed by atoms with E-state index in [4.69, 9.17) is 5.14 Å². The number of allylic oxidation sites excluding steroid dienone is 2. The lowest BCUT2D eigenvalue weighted by Gasteiger charge is -2.24. The van der Waals surface area contributed by atoms with E-state index in [2.05, 4.69) is 0 Å². The van der Waals surface area contributed by atoms with Crippen LogP contribution in [0.2, 0.25) is 0 Å². The molecule has 8 heteroatoms. The quantitative estimate of drug-likeness (QED) is 0.553. The van der Waals surface area contributed by atoms with Crippen LogP contribution < -0.4 is 5.14 Å². The van der Waals surface area contributed by atoms with Crippen molar-refractivity contribution in [2.45, 2.75) is 40.5 Å². The van der Waals surface area contributed by atoms with Crippen molar-refractivity contribution < 1.29 is 17.6 Å². The lowest BCUT2D eigenvalue weighted by Crippen LogP contribution is -2.28. The summed E-state index contributed by atoms with van der Waals surface area (Å²) in [4.78, 5) is 14.5. The van der Waals surface area contributed by atoms with Crippen molar-refractivity contribution in [2.75, 3.05) is 7.05 Å². The first-order chi connectivity index (χ1) is 15.0. The van der Waals surface area contributed by atoms with Gasteiger partial charge in [-0.3, -0.25) is 4.79 Å². The molecule has 0 aliphatic carbocycles. The summed E-state index contributed by atoms with van der Waals surface area (Å²) in [7, 11) is -2.29. The minimum absolute atomic E-state index is 0.0363. The van der Waals surface area contributed by atoms with Crippen molar-refractivity contribution in [1.82, 2.24) is 4.90 Å². The number of benzene rings is 2. The van der Waals surface area contributed by atoms with Crippen molar-refractivity contribution in [3.05, 3.63) is 80.3 Å². The van der Waals surface area contributed by atoms with E-state index in [1.807, 2.05) is 13.8 Å². The zero-order chi connectivity index (χ0) is 24.1. The third kappa shape index (κ3) is 6.54. The van der Waals surface area contributed by atoms with E-state index in [1.54, 1.807) is 63.4 Å². The van der Waals surface area contributed by atoms with Gasteiger partial charge in [0.25, 0.3) is 0 Å². The molecule has 0 spiro atoms. The molecule has 2 aromatic rings. The van der Waals surface area contributed by atoms with Crippen LogP contribution in [0.1, 0.15) is 39.7 Å². The van der Waals surface area contributed by atoms with Crippen LogP contribution in [-0.2, 0) is 21.2 Å². The number of likely N-dealkylation sites (N-methyl/N-ethyl adjacent to an activating group) is 1. The predicted molar refractivity (Wildman–Crippen MR) is 130 cm³/mol. The van der Waals surface area contributed by atoms with Gasteiger partial charge in [-0.05, 0) is 55.5 Å². The van der Waals surface area contributed by atoms with E-state index < -0.39 is 10.0 Å². The van der Waals surface area contributed by atoms with E-state index in [1.165, 1.54) is 11.0 Å². The second-order valence-electron chi connectivity index (χ2n) is 7.68. The molecule has 172 valence electrons. The molecule has 0 unspecified atom stereocenters. The third-order valence-corrected chi connectivity index (χ3v) is 8.21. The summed E-state index contributed by atoms with van der Waals surface area (Å²) in [6, 6.07) is 13.7. The van der Waals surface area contributed by atoms with Crippen molar-refractivity contribution in [3.63, 3.8) is 0 Å². The molecule has 2 N–H and O–H groups in total. The number of halogens is 1. The Balaban J connectivity index is 2.25. The van der Waals surface area contributed by atoms with E-state index in [0.29, 0.717) is 22.6 Å². The highest BCUT2D eigenvalue weighted by atomic mass is 32.3. The number of rotatable bonds is 8. The SMILES string of the molecule is CC/C(C)=C(/SC(=C(C)C)S(N)(=O)=O)N(C)C(=O)Cc1ccc(-c2ccccc2F)cc1. The number of thioether (sulfide) groups is 1. The molecule has 0 atom stereocenters. The zero-order valence-electron chi connectivity index (χ0n) is 19.0. The Labute approximate surface area is 194 Å². The molecular weight excluding hydrogens is 447 g/mol. The molecule has 0 saturated carbocycles. The highest BCUT2D eigenvalue weighted by Crippen LogP contribution is 2.35. The summed E-state index contributed by atoms with van der Waals surface area (Å²) >= 11 is 0.996. The van der Waals surface area contributed by atoms with Crippen molar-refractivity contribution in [1.29, 1.82) is 0 Å². The summed E-state index contributed by atoms with van der Waals surface area (Å²) in [6.45, 7) is 7.14. The fraction of sp³-hybridized carbons (Fsp3) is 0.292. The Morgan fingerprint density at radius 1 is 1.06 bits per heavy atom. The maximum atomic E-state index is 14.0. The molecule has 0 bridgehead atoms.